The molecule has 0 radical (unpaired) electrons. The predicted molar refractivity (Wildman–Crippen MR) is 56.0 cm³/mol. The summed E-state index contributed by atoms with van der Waals surface area (Å²) in [5.41, 5.74) is 4.80. The van der Waals surface area contributed by atoms with Crippen LogP contribution in [-0.2, 0) is 9.53 Å². The zero-order chi connectivity index (χ0) is 11.4. The minimum atomic E-state index is -0.767. The Morgan fingerprint density at radius 2 is 2.00 bits per heavy atom. The fraction of sp³-hybridized carbons (Fsp3) is 0.750. The van der Waals surface area contributed by atoms with Crippen molar-refractivity contribution in [2.24, 2.45) is 5.73 Å². The van der Waals surface area contributed by atoms with E-state index in [9.17, 15) is 9.59 Å². The summed E-state index contributed by atoms with van der Waals surface area (Å²) < 4.78 is 4.42. The molecule has 0 spiro atoms. The highest BCUT2D eigenvalue weighted by Gasteiger charge is 2.18. The minimum Gasteiger partial charge on any atom is -0.376 e. The van der Waals surface area contributed by atoms with Crippen LogP contribution in [0.1, 0.15) is 27.2 Å². The Labute approximate surface area is 88.8 Å². The van der Waals surface area contributed by atoms with Crippen molar-refractivity contribution in [1.29, 1.82) is 0 Å². The number of rotatable bonds is 2. The lowest BCUT2D eigenvalue weighted by Gasteiger charge is -2.19. The highest BCUT2D eigenvalue weighted by Crippen LogP contribution is 2.01. The van der Waals surface area contributed by atoms with Crippen LogP contribution in [-0.4, -0.2) is 23.0 Å². The molecule has 0 bridgehead atoms. The first kappa shape index (κ1) is 13.2. The number of nitrogens with one attached hydrogen (secondary N) is 1. The topological polar surface area (TPSA) is 81.4 Å². The van der Waals surface area contributed by atoms with E-state index in [1.54, 1.807) is 20.8 Å². The lowest BCUT2D eigenvalue weighted by molar-refractivity contribution is -0.137. The van der Waals surface area contributed by atoms with Gasteiger partial charge in [0.2, 0.25) is 0 Å². The van der Waals surface area contributed by atoms with Gasteiger partial charge in [-0.15, -0.1) is 0 Å². The predicted octanol–water partition coefficient (Wildman–Crippen LogP) is 0.642. The fourth-order valence-corrected chi connectivity index (χ4v) is 0.797. The molecule has 82 valence electrons. The molecule has 0 rings (SSSR count). The van der Waals surface area contributed by atoms with Gasteiger partial charge < -0.3 is 15.8 Å². The van der Waals surface area contributed by atoms with Crippen LogP contribution in [0.2, 0.25) is 0 Å². The van der Waals surface area contributed by atoms with Gasteiger partial charge in [0, 0.05) is 5.54 Å². The van der Waals surface area contributed by atoms with E-state index in [1.807, 2.05) is 0 Å². The molecule has 0 fully saturated rings. The molecule has 3 N–H and O–H groups in total. The summed E-state index contributed by atoms with van der Waals surface area (Å²) in [6.45, 7) is 5.34. The summed E-state index contributed by atoms with van der Waals surface area (Å²) in [5, 5.41) is 1.87. The molecule has 0 saturated carbocycles. The van der Waals surface area contributed by atoms with Crippen molar-refractivity contribution < 1.29 is 14.3 Å². The van der Waals surface area contributed by atoms with Gasteiger partial charge in [0.1, 0.15) is 0 Å². The summed E-state index contributed by atoms with van der Waals surface area (Å²) in [7, 11) is 0. The quantitative estimate of drug-likeness (QED) is 0.276. The second kappa shape index (κ2) is 5.21. The highest BCUT2D eigenvalue weighted by molar-refractivity contribution is 7.80. The smallest absolute Gasteiger partial charge is 0.376 e. The van der Waals surface area contributed by atoms with Crippen LogP contribution in [0.3, 0.4) is 0 Å². The van der Waals surface area contributed by atoms with Crippen molar-refractivity contribution >= 4 is 24.7 Å². The van der Waals surface area contributed by atoms with E-state index in [1.165, 1.54) is 0 Å². The molecule has 14 heavy (non-hydrogen) atoms. The maximum Gasteiger partial charge on any atom is 0.415 e. The standard InChI is InChI=1S/C8H16N2O3S/c1-8(2,3)10-7(12)13-6(11)4-5(9)14/h5,14H,4,9H2,1-3H3,(H,10,12). The molecule has 1 amide bonds. The van der Waals surface area contributed by atoms with E-state index in [2.05, 4.69) is 22.7 Å². The van der Waals surface area contributed by atoms with Crippen molar-refractivity contribution in [3.8, 4) is 0 Å². The van der Waals surface area contributed by atoms with Gasteiger partial charge in [0.15, 0.2) is 0 Å². The van der Waals surface area contributed by atoms with Crippen LogP contribution in [0.15, 0.2) is 0 Å². The first-order valence-electron chi connectivity index (χ1n) is 4.17. The third-order valence-corrected chi connectivity index (χ3v) is 1.24. The Hall–Kier alpha value is -0.750. The van der Waals surface area contributed by atoms with Crippen LogP contribution < -0.4 is 11.1 Å². The number of esters is 1. The maximum atomic E-state index is 11.0. The van der Waals surface area contributed by atoms with Crippen LogP contribution in [0.25, 0.3) is 0 Å². The highest BCUT2D eigenvalue weighted by atomic mass is 32.1. The van der Waals surface area contributed by atoms with Gasteiger partial charge in [-0.1, -0.05) is 0 Å². The van der Waals surface area contributed by atoms with E-state index >= 15 is 0 Å². The monoisotopic (exact) mass is 220 g/mol. The van der Waals surface area contributed by atoms with Crippen LogP contribution in [0.4, 0.5) is 4.79 Å². The summed E-state index contributed by atoms with van der Waals surface area (Å²) in [6.07, 6.45) is -0.864. The lowest BCUT2D eigenvalue weighted by atomic mass is 10.1. The molecule has 0 aliphatic carbocycles. The molecule has 0 aromatic carbocycles. The SMILES string of the molecule is CC(C)(C)NC(=O)OC(=O)CC(N)S. The first-order chi connectivity index (χ1) is 6.20. The van der Waals surface area contributed by atoms with E-state index < -0.39 is 23.0 Å². The second-order valence-corrected chi connectivity index (χ2v) is 4.57. The number of hydrogen-bond acceptors (Lipinski definition) is 5. The van der Waals surface area contributed by atoms with Crippen molar-refractivity contribution in [2.45, 2.75) is 38.1 Å². The Kier molecular flexibility index (Phi) is 4.93. The van der Waals surface area contributed by atoms with E-state index in [-0.39, 0.29) is 6.42 Å². The molecular weight excluding hydrogens is 204 g/mol. The molecular formula is C8H16N2O3S. The van der Waals surface area contributed by atoms with Gasteiger partial charge in [-0.3, -0.25) is 4.79 Å². The van der Waals surface area contributed by atoms with Crippen molar-refractivity contribution in [3.63, 3.8) is 0 Å². The fourth-order valence-electron chi connectivity index (χ4n) is 0.648. The van der Waals surface area contributed by atoms with Gasteiger partial charge in [0.05, 0.1) is 11.8 Å². The minimum absolute atomic E-state index is 0.0966. The molecule has 0 aliphatic rings. The second-order valence-electron chi connectivity index (χ2n) is 3.91. The third kappa shape index (κ3) is 7.88. The Morgan fingerprint density at radius 1 is 1.50 bits per heavy atom. The molecule has 0 heterocycles. The maximum absolute atomic E-state index is 11.0. The number of carbonyl (C=O) groups excluding carboxylic acids is 2. The Morgan fingerprint density at radius 3 is 2.36 bits per heavy atom. The summed E-state index contributed by atoms with van der Waals surface area (Å²) in [4.78, 5) is 22.0. The lowest BCUT2D eigenvalue weighted by Crippen LogP contribution is -2.42. The van der Waals surface area contributed by atoms with Gasteiger partial charge in [-0.05, 0) is 20.8 Å². The molecule has 1 unspecified atom stereocenters. The average Bonchev–Trinajstić information content (AvgIpc) is 1.77. The van der Waals surface area contributed by atoms with E-state index in [0.29, 0.717) is 0 Å². The van der Waals surface area contributed by atoms with Crippen molar-refractivity contribution in [1.82, 2.24) is 5.32 Å². The molecule has 5 nitrogen and oxygen atoms in total. The number of amides is 1. The molecule has 0 aliphatic heterocycles. The summed E-state index contributed by atoms with van der Waals surface area (Å²) >= 11 is 3.79. The molecule has 0 aromatic heterocycles. The van der Waals surface area contributed by atoms with Crippen LogP contribution in [0.5, 0.6) is 0 Å². The number of nitrogens with two attached hydrogens (primary N) is 1. The van der Waals surface area contributed by atoms with Gasteiger partial charge in [-0.25, -0.2) is 4.79 Å². The van der Waals surface area contributed by atoms with Gasteiger partial charge in [-0.2, -0.15) is 12.6 Å². The van der Waals surface area contributed by atoms with Gasteiger partial charge >= 0.3 is 12.1 Å². The van der Waals surface area contributed by atoms with E-state index in [0.717, 1.165) is 0 Å². The van der Waals surface area contributed by atoms with Gasteiger partial charge in [0.25, 0.3) is 0 Å². The number of thiol groups is 1. The zero-order valence-electron chi connectivity index (χ0n) is 8.53. The van der Waals surface area contributed by atoms with E-state index in [4.69, 9.17) is 5.73 Å². The summed E-state index contributed by atoms with van der Waals surface area (Å²) in [6, 6.07) is 0. The largest absolute Gasteiger partial charge is 0.415 e. The number of carbonyl (C=O) groups is 2. The van der Waals surface area contributed by atoms with Crippen LogP contribution in [0, 0.1) is 0 Å². The van der Waals surface area contributed by atoms with Crippen molar-refractivity contribution in [3.05, 3.63) is 0 Å². The Balaban J connectivity index is 3.90. The number of ether oxygens (including phenoxy) is 1. The molecule has 6 heteroatoms. The number of alkyl carbamates (subject to hydrolysis) is 1. The molecule has 0 saturated heterocycles. The first-order valence-corrected chi connectivity index (χ1v) is 4.69. The third-order valence-electron chi connectivity index (χ3n) is 1.06. The average molecular weight is 220 g/mol. The zero-order valence-corrected chi connectivity index (χ0v) is 9.43. The van der Waals surface area contributed by atoms with Crippen molar-refractivity contribution in [2.75, 3.05) is 0 Å². The molecule has 1 atom stereocenters. The molecule has 0 aromatic rings. The Bertz CT molecular complexity index is 223. The van der Waals surface area contributed by atoms with Crippen LogP contribution >= 0.6 is 12.6 Å². The summed E-state index contributed by atoms with van der Waals surface area (Å²) in [5.74, 6) is -0.686. The normalized spacial score (nSPS) is 13.2. The number of hydrogen-bond donors (Lipinski definition) is 3.